The van der Waals surface area contributed by atoms with Gasteiger partial charge < -0.3 is 10.2 Å². The largest absolute Gasteiger partial charge is 0.412 e. The third-order valence-electron chi connectivity index (χ3n) is 5.65. The summed E-state index contributed by atoms with van der Waals surface area (Å²) in [6.45, 7) is 0. The number of carbonyl (C=O) groups excluding carboxylic acids is 1. The Hall–Kier alpha value is -3.75. The Morgan fingerprint density at radius 1 is 1.13 bits per heavy atom. The summed E-state index contributed by atoms with van der Waals surface area (Å²) >= 11 is 0. The van der Waals surface area contributed by atoms with E-state index in [0.717, 1.165) is 5.56 Å². The molecule has 1 amide bonds. The van der Waals surface area contributed by atoms with Gasteiger partial charge in [0.05, 0.1) is 5.69 Å². The van der Waals surface area contributed by atoms with Crippen molar-refractivity contribution >= 4 is 11.6 Å². The van der Waals surface area contributed by atoms with Crippen molar-refractivity contribution < 1.29 is 9.21 Å². The van der Waals surface area contributed by atoms with E-state index in [-0.39, 0.29) is 17.3 Å². The molecular formula is C21H20N6O3. The summed E-state index contributed by atoms with van der Waals surface area (Å²) in [5.41, 5.74) is 8.37. The fraction of sp³-hybridized carbons (Fsp3) is 0.286. The Balaban J connectivity index is 1.53. The first-order valence-corrected chi connectivity index (χ1v) is 9.95. The number of hydrogen-bond donors (Lipinski definition) is 2. The maximum Gasteiger partial charge on any atom is 0.306 e. The zero-order valence-corrected chi connectivity index (χ0v) is 16.2. The molecule has 0 unspecified atom stereocenters. The van der Waals surface area contributed by atoms with Crippen LogP contribution in [0, 0.1) is 0 Å². The number of aromatic nitrogens is 5. The Morgan fingerprint density at radius 3 is 2.60 bits per heavy atom. The maximum absolute atomic E-state index is 12.6. The fourth-order valence-electron chi connectivity index (χ4n) is 4.08. The number of aromatic amines is 1. The number of rotatable bonds is 4. The number of nitrogens with one attached hydrogen (secondary N) is 1. The van der Waals surface area contributed by atoms with Crippen molar-refractivity contribution in [1.82, 2.24) is 24.8 Å². The van der Waals surface area contributed by atoms with Gasteiger partial charge in [0.25, 0.3) is 11.4 Å². The van der Waals surface area contributed by atoms with Crippen LogP contribution in [0.2, 0.25) is 0 Å². The maximum atomic E-state index is 12.6. The summed E-state index contributed by atoms with van der Waals surface area (Å²) < 4.78 is 6.57. The van der Waals surface area contributed by atoms with Gasteiger partial charge in [-0.15, -0.1) is 10.2 Å². The number of amides is 1. The zero-order valence-electron chi connectivity index (χ0n) is 16.2. The molecule has 0 atom stereocenters. The molecule has 0 bridgehead atoms. The number of nitrogens with two attached hydrogens (primary N) is 1. The van der Waals surface area contributed by atoms with Crippen LogP contribution >= 0.6 is 0 Å². The summed E-state index contributed by atoms with van der Waals surface area (Å²) in [6, 6.07) is 9.75. The van der Waals surface area contributed by atoms with Gasteiger partial charge in [0, 0.05) is 17.8 Å². The van der Waals surface area contributed by atoms with Crippen LogP contribution in [-0.4, -0.2) is 30.7 Å². The van der Waals surface area contributed by atoms with Crippen molar-refractivity contribution in [2.75, 3.05) is 0 Å². The van der Waals surface area contributed by atoms with Crippen LogP contribution in [0.3, 0.4) is 0 Å². The number of carbonyl (C=O) groups is 1. The lowest BCUT2D eigenvalue weighted by molar-refractivity contribution is 0.0968. The molecular weight excluding hydrogens is 384 g/mol. The predicted octanol–water partition coefficient (Wildman–Crippen LogP) is 2.89. The molecule has 3 heterocycles. The average Bonchev–Trinajstić information content (AvgIpc) is 3.42. The summed E-state index contributed by atoms with van der Waals surface area (Å²) in [5, 5.41) is 10.3. The van der Waals surface area contributed by atoms with E-state index in [1.165, 1.54) is 54.4 Å². The van der Waals surface area contributed by atoms with Crippen LogP contribution in [0.15, 0.2) is 45.7 Å². The molecule has 30 heavy (non-hydrogen) atoms. The van der Waals surface area contributed by atoms with Gasteiger partial charge in [-0.3, -0.25) is 14.7 Å². The van der Waals surface area contributed by atoms with Gasteiger partial charge >= 0.3 is 11.8 Å². The molecule has 3 N–H and O–H groups in total. The second-order valence-electron chi connectivity index (χ2n) is 7.56. The third-order valence-corrected chi connectivity index (χ3v) is 5.65. The Labute approximate surface area is 170 Å². The summed E-state index contributed by atoms with van der Waals surface area (Å²) in [4.78, 5) is 28.5. The smallest absolute Gasteiger partial charge is 0.306 e. The van der Waals surface area contributed by atoms with E-state index in [1.807, 2.05) is 12.1 Å². The Bertz CT molecular complexity index is 1280. The Morgan fingerprint density at radius 2 is 1.90 bits per heavy atom. The van der Waals surface area contributed by atoms with Crippen molar-refractivity contribution in [3.63, 3.8) is 0 Å². The number of hydrogen-bond acceptors (Lipinski definition) is 6. The van der Waals surface area contributed by atoms with E-state index < -0.39 is 5.91 Å². The molecule has 1 aliphatic rings. The summed E-state index contributed by atoms with van der Waals surface area (Å²) in [5.74, 6) is -0.458. The SMILES string of the molecule is NC(=O)c1nnc(-c2c[nH]n3c(=O)cc(-c4ccc(C5CCCCC5)cc4)nc23)o1. The van der Waals surface area contributed by atoms with Gasteiger partial charge in [0.2, 0.25) is 0 Å². The van der Waals surface area contributed by atoms with E-state index in [1.54, 1.807) is 0 Å². The van der Waals surface area contributed by atoms with Crippen LogP contribution in [0.5, 0.6) is 0 Å². The van der Waals surface area contributed by atoms with E-state index in [2.05, 4.69) is 32.4 Å². The molecule has 3 aromatic heterocycles. The monoisotopic (exact) mass is 404 g/mol. The van der Waals surface area contributed by atoms with Crippen molar-refractivity contribution in [3.05, 3.63) is 58.3 Å². The molecule has 152 valence electrons. The van der Waals surface area contributed by atoms with Crippen LogP contribution in [0.25, 0.3) is 28.4 Å². The van der Waals surface area contributed by atoms with Gasteiger partial charge in [0.1, 0.15) is 5.56 Å². The second kappa shape index (κ2) is 7.25. The lowest BCUT2D eigenvalue weighted by Crippen LogP contribution is -2.14. The van der Waals surface area contributed by atoms with E-state index in [9.17, 15) is 9.59 Å². The van der Waals surface area contributed by atoms with Crippen LogP contribution in [0.4, 0.5) is 0 Å². The first-order valence-electron chi connectivity index (χ1n) is 9.95. The number of H-pyrrole nitrogens is 1. The van der Waals surface area contributed by atoms with Gasteiger partial charge in [-0.2, -0.15) is 0 Å². The van der Waals surface area contributed by atoms with Crippen molar-refractivity contribution in [1.29, 1.82) is 0 Å². The molecule has 0 aliphatic heterocycles. The highest BCUT2D eigenvalue weighted by Gasteiger charge is 2.19. The molecule has 1 saturated carbocycles. The highest BCUT2D eigenvalue weighted by atomic mass is 16.4. The van der Waals surface area contributed by atoms with Gasteiger partial charge in [-0.25, -0.2) is 9.50 Å². The average molecular weight is 404 g/mol. The molecule has 0 saturated heterocycles. The van der Waals surface area contributed by atoms with Gasteiger partial charge in [0.15, 0.2) is 5.65 Å². The highest BCUT2D eigenvalue weighted by Crippen LogP contribution is 2.33. The number of nitrogens with zero attached hydrogens (tertiary/aromatic N) is 4. The molecule has 5 rings (SSSR count). The molecule has 9 heteroatoms. The number of benzene rings is 1. The first kappa shape index (κ1) is 18.3. The quantitative estimate of drug-likeness (QED) is 0.537. The standard InChI is InChI=1S/C21H20N6O3/c22-18(29)21-26-25-20(30-21)15-11-23-27-17(28)10-16(24-19(15)27)14-8-6-13(7-9-14)12-4-2-1-3-5-12/h6-12,23H,1-5H2,(H2,22,29). The highest BCUT2D eigenvalue weighted by molar-refractivity contribution is 5.88. The lowest BCUT2D eigenvalue weighted by atomic mass is 9.84. The predicted molar refractivity (Wildman–Crippen MR) is 109 cm³/mol. The van der Waals surface area contributed by atoms with E-state index in [4.69, 9.17) is 10.2 Å². The van der Waals surface area contributed by atoms with Crippen molar-refractivity contribution in [2.24, 2.45) is 5.73 Å². The third kappa shape index (κ3) is 3.18. The zero-order chi connectivity index (χ0) is 20.7. The van der Waals surface area contributed by atoms with Crippen LogP contribution < -0.4 is 11.3 Å². The normalized spacial score (nSPS) is 14.9. The topological polar surface area (TPSA) is 132 Å². The number of primary amides is 1. The number of fused-ring (bicyclic) bond motifs is 1. The van der Waals surface area contributed by atoms with E-state index in [0.29, 0.717) is 22.8 Å². The molecule has 4 aromatic rings. The summed E-state index contributed by atoms with van der Waals surface area (Å²) in [7, 11) is 0. The molecule has 0 spiro atoms. The Kier molecular flexibility index (Phi) is 4.42. The minimum atomic E-state index is -0.822. The van der Waals surface area contributed by atoms with Crippen molar-refractivity contribution in [3.8, 4) is 22.7 Å². The second-order valence-corrected chi connectivity index (χ2v) is 7.56. The molecule has 0 radical (unpaired) electrons. The molecule has 1 aliphatic carbocycles. The molecule has 9 nitrogen and oxygen atoms in total. The summed E-state index contributed by atoms with van der Waals surface area (Å²) in [6.07, 6.45) is 7.88. The fourth-order valence-corrected chi connectivity index (χ4v) is 4.08. The lowest BCUT2D eigenvalue weighted by Gasteiger charge is -2.22. The molecule has 1 aromatic carbocycles. The molecule has 1 fully saturated rings. The van der Waals surface area contributed by atoms with E-state index >= 15 is 0 Å². The van der Waals surface area contributed by atoms with Crippen LogP contribution in [-0.2, 0) is 0 Å². The minimum absolute atomic E-state index is 0.0549. The first-order chi connectivity index (χ1) is 14.6. The van der Waals surface area contributed by atoms with Gasteiger partial charge in [-0.1, -0.05) is 43.5 Å². The van der Waals surface area contributed by atoms with Crippen molar-refractivity contribution in [2.45, 2.75) is 38.0 Å². The minimum Gasteiger partial charge on any atom is -0.412 e. The van der Waals surface area contributed by atoms with Gasteiger partial charge in [-0.05, 0) is 24.3 Å². The van der Waals surface area contributed by atoms with Crippen LogP contribution in [0.1, 0.15) is 54.3 Å².